The third-order valence-corrected chi connectivity index (χ3v) is 3.25. The Morgan fingerprint density at radius 2 is 1.68 bits per heavy atom. The van der Waals surface area contributed by atoms with Crippen molar-refractivity contribution in [3.8, 4) is 0 Å². The van der Waals surface area contributed by atoms with Crippen LogP contribution in [0.4, 0.5) is 0 Å². The van der Waals surface area contributed by atoms with Crippen LogP contribution in [0, 0.1) is 5.92 Å². The molecular formula is C16H23N3O3. The minimum absolute atomic E-state index is 0.103. The van der Waals surface area contributed by atoms with Crippen LogP contribution in [0.3, 0.4) is 0 Å². The summed E-state index contributed by atoms with van der Waals surface area (Å²) in [5.74, 6) is -1.42. The first kappa shape index (κ1) is 17.7. The zero-order chi connectivity index (χ0) is 16.7. The molecule has 0 heterocycles. The number of rotatable bonds is 7. The number of hydrogen-bond acceptors (Lipinski definition) is 3. The number of hydrogen-bond donors (Lipinski definition) is 3. The van der Waals surface area contributed by atoms with Crippen molar-refractivity contribution in [3.05, 3.63) is 35.9 Å². The highest BCUT2D eigenvalue weighted by Gasteiger charge is 2.27. The van der Waals surface area contributed by atoms with Crippen LogP contribution in [0.15, 0.2) is 30.3 Å². The Bertz CT molecular complexity index is 529. The molecule has 120 valence electrons. The molecule has 0 aliphatic carbocycles. The second kappa shape index (κ2) is 8.17. The molecule has 0 aromatic heterocycles. The first-order chi connectivity index (χ1) is 10.3. The molecule has 0 unspecified atom stereocenters. The highest BCUT2D eigenvalue weighted by atomic mass is 16.2. The van der Waals surface area contributed by atoms with Gasteiger partial charge in [-0.05, 0) is 11.5 Å². The van der Waals surface area contributed by atoms with Gasteiger partial charge in [0.25, 0.3) is 0 Å². The van der Waals surface area contributed by atoms with E-state index in [-0.39, 0.29) is 11.8 Å². The fraction of sp³-hybridized carbons (Fsp3) is 0.438. The van der Waals surface area contributed by atoms with Crippen LogP contribution in [0.2, 0.25) is 0 Å². The van der Waals surface area contributed by atoms with Crippen LogP contribution in [0.5, 0.6) is 0 Å². The Balaban J connectivity index is 2.78. The van der Waals surface area contributed by atoms with Crippen molar-refractivity contribution < 1.29 is 14.4 Å². The largest absolute Gasteiger partial charge is 0.368 e. The molecular weight excluding hydrogens is 282 g/mol. The van der Waals surface area contributed by atoms with Gasteiger partial charge in [-0.3, -0.25) is 14.4 Å². The van der Waals surface area contributed by atoms with Gasteiger partial charge >= 0.3 is 0 Å². The molecule has 6 heteroatoms. The Labute approximate surface area is 130 Å². The summed E-state index contributed by atoms with van der Waals surface area (Å²) < 4.78 is 0. The third-order valence-electron chi connectivity index (χ3n) is 3.25. The summed E-state index contributed by atoms with van der Waals surface area (Å²) >= 11 is 0. The van der Waals surface area contributed by atoms with E-state index in [1.807, 2.05) is 44.2 Å². The molecule has 0 aliphatic rings. The SMILES string of the molecule is CC(=O)N[C@@H](C(=O)N[C@H](Cc1ccccc1)C(N)=O)C(C)C. The van der Waals surface area contributed by atoms with Gasteiger partial charge in [-0.1, -0.05) is 44.2 Å². The quantitative estimate of drug-likeness (QED) is 0.678. The number of nitrogens with two attached hydrogens (primary N) is 1. The van der Waals surface area contributed by atoms with Crippen LogP contribution in [0.1, 0.15) is 26.3 Å². The normalized spacial score (nSPS) is 13.3. The van der Waals surface area contributed by atoms with Gasteiger partial charge in [0, 0.05) is 13.3 Å². The topological polar surface area (TPSA) is 101 Å². The maximum Gasteiger partial charge on any atom is 0.243 e. The van der Waals surface area contributed by atoms with E-state index < -0.39 is 23.9 Å². The lowest BCUT2D eigenvalue weighted by Gasteiger charge is -2.24. The molecule has 1 aromatic rings. The maximum absolute atomic E-state index is 12.3. The molecule has 3 amide bonds. The second-order valence-corrected chi connectivity index (χ2v) is 5.58. The van der Waals surface area contributed by atoms with E-state index in [1.54, 1.807) is 0 Å². The van der Waals surface area contributed by atoms with Crippen molar-refractivity contribution in [3.63, 3.8) is 0 Å². The van der Waals surface area contributed by atoms with E-state index in [1.165, 1.54) is 6.92 Å². The first-order valence-electron chi connectivity index (χ1n) is 7.22. The van der Waals surface area contributed by atoms with E-state index in [4.69, 9.17) is 5.73 Å². The molecule has 4 N–H and O–H groups in total. The molecule has 1 rings (SSSR count). The average Bonchev–Trinajstić information content (AvgIpc) is 2.44. The first-order valence-corrected chi connectivity index (χ1v) is 7.22. The van der Waals surface area contributed by atoms with Crippen molar-refractivity contribution in [2.24, 2.45) is 11.7 Å². The molecule has 0 radical (unpaired) electrons. The third kappa shape index (κ3) is 5.55. The van der Waals surface area contributed by atoms with Crippen LogP contribution >= 0.6 is 0 Å². The highest BCUT2D eigenvalue weighted by molar-refractivity contribution is 5.91. The summed E-state index contributed by atoms with van der Waals surface area (Å²) in [6, 6.07) is 7.77. The minimum atomic E-state index is -0.815. The summed E-state index contributed by atoms with van der Waals surface area (Å²) in [5, 5.41) is 5.21. The molecule has 1 aromatic carbocycles. The zero-order valence-electron chi connectivity index (χ0n) is 13.1. The van der Waals surface area contributed by atoms with Gasteiger partial charge in [-0.15, -0.1) is 0 Å². The van der Waals surface area contributed by atoms with Gasteiger partial charge in [-0.25, -0.2) is 0 Å². The monoisotopic (exact) mass is 305 g/mol. The van der Waals surface area contributed by atoms with E-state index in [2.05, 4.69) is 10.6 Å². The number of primary amides is 1. The Morgan fingerprint density at radius 3 is 2.14 bits per heavy atom. The van der Waals surface area contributed by atoms with Crippen molar-refractivity contribution in [2.75, 3.05) is 0 Å². The van der Waals surface area contributed by atoms with Crippen molar-refractivity contribution in [1.82, 2.24) is 10.6 Å². The number of nitrogens with one attached hydrogen (secondary N) is 2. The summed E-state index contributed by atoms with van der Waals surface area (Å²) in [7, 11) is 0. The predicted octanol–water partition coefficient (Wildman–Crippen LogP) is 0.360. The fourth-order valence-corrected chi connectivity index (χ4v) is 2.09. The van der Waals surface area contributed by atoms with Crippen LogP contribution in [-0.2, 0) is 20.8 Å². The van der Waals surface area contributed by atoms with E-state index >= 15 is 0 Å². The molecule has 6 nitrogen and oxygen atoms in total. The van der Waals surface area contributed by atoms with Gasteiger partial charge in [0.2, 0.25) is 17.7 Å². The maximum atomic E-state index is 12.3. The predicted molar refractivity (Wildman–Crippen MR) is 83.7 cm³/mol. The number of amides is 3. The van der Waals surface area contributed by atoms with Gasteiger partial charge in [-0.2, -0.15) is 0 Å². The standard InChI is InChI=1S/C16H23N3O3/c1-10(2)14(18-11(3)20)16(22)19-13(15(17)21)9-12-7-5-4-6-8-12/h4-8,10,13-14H,9H2,1-3H3,(H2,17,21)(H,18,20)(H,19,22)/t13-,14-/m1/s1. The zero-order valence-corrected chi connectivity index (χ0v) is 13.1. The summed E-state index contributed by atoms with van der Waals surface area (Å²) in [6.45, 7) is 4.98. The summed E-state index contributed by atoms with van der Waals surface area (Å²) in [4.78, 5) is 35.1. The van der Waals surface area contributed by atoms with Crippen LogP contribution < -0.4 is 16.4 Å². The molecule has 0 bridgehead atoms. The Morgan fingerprint density at radius 1 is 1.09 bits per heavy atom. The van der Waals surface area contributed by atoms with Gasteiger partial charge < -0.3 is 16.4 Å². The highest BCUT2D eigenvalue weighted by Crippen LogP contribution is 2.06. The number of carbonyl (C=O) groups excluding carboxylic acids is 3. The molecule has 0 spiro atoms. The van der Waals surface area contributed by atoms with Gasteiger partial charge in [0.15, 0.2) is 0 Å². The summed E-state index contributed by atoms with van der Waals surface area (Å²) in [6.07, 6.45) is 0.312. The van der Waals surface area contributed by atoms with E-state index in [9.17, 15) is 14.4 Å². The molecule has 0 saturated carbocycles. The van der Waals surface area contributed by atoms with E-state index in [0.717, 1.165) is 5.56 Å². The van der Waals surface area contributed by atoms with Crippen LogP contribution in [-0.4, -0.2) is 29.8 Å². The van der Waals surface area contributed by atoms with E-state index in [0.29, 0.717) is 6.42 Å². The van der Waals surface area contributed by atoms with Crippen molar-refractivity contribution in [1.29, 1.82) is 0 Å². The van der Waals surface area contributed by atoms with Crippen LogP contribution in [0.25, 0.3) is 0 Å². The molecule has 0 fully saturated rings. The Kier molecular flexibility index (Phi) is 6.56. The lowest BCUT2D eigenvalue weighted by atomic mass is 10.0. The fourth-order valence-electron chi connectivity index (χ4n) is 2.09. The van der Waals surface area contributed by atoms with Gasteiger partial charge in [0.05, 0.1) is 0 Å². The number of benzene rings is 1. The molecule has 22 heavy (non-hydrogen) atoms. The van der Waals surface area contributed by atoms with Crippen molar-refractivity contribution >= 4 is 17.7 Å². The van der Waals surface area contributed by atoms with Gasteiger partial charge in [0.1, 0.15) is 12.1 Å². The van der Waals surface area contributed by atoms with Crippen molar-refractivity contribution in [2.45, 2.75) is 39.3 Å². The second-order valence-electron chi connectivity index (χ2n) is 5.58. The molecule has 0 saturated heterocycles. The number of carbonyl (C=O) groups is 3. The lowest BCUT2D eigenvalue weighted by molar-refractivity contribution is -0.131. The summed E-state index contributed by atoms with van der Waals surface area (Å²) in [5.41, 5.74) is 6.26. The smallest absolute Gasteiger partial charge is 0.243 e. The average molecular weight is 305 g/mol. The molecule has 2 atom stereocenters. The molecule has 0 aliphatic heterocycles. The minimum Gasteiger partial charge on any atom is -0.368 e. The lowest BCUT2D eigenvalue weighted by Crippen LogP contribution is -2.55. The Hall–Kier alpha value is -2.37.